The van der Waals surface area contributed by atoms with Crippen LogP contribution in [0.4, 0.5) is 0 Å². The topological polar surface area (TPSA) is 66.8 Å². The van der Waals surface area contributed by atoms with Gasteiger partial charge in [0.05, 0.1) is 11.5 Å². The fraction of sp³-hybridized carbons (Fsp3) is 0.600. The summed E-state index contributed by atoms with van der Waals surface area (Å²) in [5.74, 6) is 0. The van der Waals surface area contributed by atoms with Gasteiger partial charge in [0.1, 0.15) is 0 Å². The van der Waals surface area contributed by atoms with Crippen LogP contribution in [0.25, 0.3) is 0 Å². The highest BCUT2D eigenvalue weighted by molar-refractivity contribution is 7.89. The zero-order valence-corrected chi connectivity index (χ0v) is 13.6. The first-order chi connectivity index (χ1) is 9.87. The molecule has 1 aromatic rings. The second kappa shape index (κ2) is 6.44. The van der Waals surface area contributed by atoms with Gasteiger partial charge in [-0.3, -0.25) is 0 Å². The summed E-state index contributed by atoms with van der Waals surface area (Å²) in [6.45, 7) is 4.70. The predicted molar refractivity (Wildman–Crippen MR) is 80.6 cm³/mol. The van der Waals surface area contributed by atoms with Crippen LogP contribution >= 0.6 is 0 Å². The van der Waals surface area contributed by atoms with E-state index in [-0.39, 0.29) is 12.6 Å². The van der Waals surface area contributed by atoms with Gasteiger partial charge in [-0.15, -0.1) is 0 Å². The summed E-state index contributed by atoms with van der Waals surface area (Å²) in [7, 11) is -1.93. The van der Waals surface area contributed by atoms with Gasteiger partial charge < -0.3 is 9.84 Å². The maximum Gasteiger partial charge on any atom is 0.243 e. The highest BCUT2D eigenvalue weighted by atomic mass is 32.2. The first kappa shape index (κ1) is 16.4. The van der Waals surface area contributed by atoms with Crippen molar-refractivity contribution in [2.24, 2.45) is 0 Å². The summed E-state index contributed by atoms with van der Waals surface area (Å²) in [6, 6.07) is 3.37. The van der Waals surface area contributed by atoms with Gasteiger partial charge in [0.2, 0.25) is 10.0 Å². The van der Waals surface area contributed by atoms with Crippen molar-refractivity contribution in [1.82, 2.24) is 4.31 Å². The van der Waals surface area contributed by atoms with E-state index in [1.165, 1.54) is 4.31 Å². The van der Waals surface area contributed by atoms with Gasteiger partial charge in [-0.2, -0.15) is 4.31 Å². The molecular formula is C15H23NO4S. The van der Waals surface area contributed by atoms with Crippen LogP contribution in [0.2, 0.25) is 0 Å². The quantitative estimate of drug-likeness (QED) is 0.917. The number of hydrogen-bond donors (Lipinski definition) is 1. The molecule has 0 saturated carbocycles. The normalized spacial score (nSPS) is 17.4. The van der Waals surface area contributed by atoms with E-state index in [9.17, 15) is 13.5 Å². The summed E-state index contributed by atoms with van der Waals surface area (Å²) < 4.78 is 32.5. The Morgan fingerprint density at radius 2 is 1.90 bits per heavy atom. The Kier molecular flexibility index (Phi) is 5.03. The molecule has 0 amide bonds. The molecule has 1 aliphatic heterocycles. The van der Waals surface area contributed by atoms with Crippen LogP contribution in [-0.2, 0) is 21.4 Å². The third-order valence-electron chi connectivity index (χ3n) is 4.22. The van der Waals surface area contributed by atoms with Crippen molar-refractivity contribution >= 4 is 10.0 Å². The van der Waals surface area contributed by atoms with Gasteiger partial charge in [0.15, 0.2) is 0 Å². The molecule has 6 heteroatoms. The van der Waals surface area contributed by atoms with Gasteiger partial charge in [-0.1, -0.05) is 6.07 Å². The van der Waals surface area contributed by atoms with Crippen LogP contribution in [-0.4, -0.2) is 44.1 Å². The van der Waals surface area contributed by atoms with Crippen LogP contribution in [0, 0.1) is 13.8 Å². The van der Waals surface area contributed by atoms with Gasteiger partial charge in [-0.25, -0.2) is 8.42 Å². The molecular weight excluding hydrogens is 290 g/mol. The Hall–Kier alpha value is -0.950. The molecule has 2 rings (SSSR count). The average Bonchev–Trinajstić information content (AvgIpc) is 2.49. The second-order valence-electron chi connectivity index (χ2n) is 5.56. The smallest absolute Gasteiger partial charge is 0.243 e. The van der Waals surface area contributed by atoms with E-state index < -0.39 is 10.0 Å². The summed E-state index contributed by atoms with van der Waals surface area (Å²) in [5.41, 5.74) is 2.24. The fourth-order valence-electron chi connectivity index (χ4n) is 2.66. The number of aliphatic hydroxyl groups excluding tert-OH is 1. The Morgan fingerprint density at radius 1 is 1.29 bits per heavy atom. The van der Waals surface area contributed by atoms with E-state index in [1.807, 2.05) is 13.0 Å². The standard InChI is InChI=1S/C15H23NO4S/c1-11-8-13(10-17)9-15(12(11)2)21(18,19)16(3)14-4-6-20-7-5-14/h8-9,14,17H,4-7,10H2,1-3H3. The van der Waals surface area contributed by atoms with Crippen molar-refractivity contribution in [3.05, 3.63) is 28.8 Å². The minimum absolute atomic E-state index is 0.0266. The van der Waals surface area contributed by atoms with Crippen LogP contribution in [0.3, 0.4) is 0 Å². The Morgan fingerprint density at radius 3 is 2.48 bits per heavy atom. The zero-order valence-electron chi connectivity index (χ0n) is 12.8. The molecule has 118 valence electrons. The molecule has 0 unspecified atom stereocenters. The summed E-state index contributed by atoms with van der Waals surface area (Å²) in [5, 5.41) is 9.31. The lowest BCUT2D eigenvalue weighted by molar-refractivity contribution is 0.0632. The molecule has 21 heavy (non-hydrogen) atoms. The molecule has 0 spiro atoms. The minimum atomic E-state index is -3.56. The van der Waals surface area contributed by atoms with Crippen LogP contribution in [0.5, 0.6) is 0 Å². The molecule has 1 fully saturated rings. The monoisotopic (exact) mass is 313 g/mol. The Balaban J connectivity index is 2.40. The lowest BCUT2D eigenvalue weighted by Gasteiger charge is -2.31. The molecule has 5 nitrogen and oxygen atoms in total. The molecule has 0 aromatic heterocycles. The molecule has 1 N–H and O–H groups in total. The summed E-state index contributed by atoms with van der Waals surface area (Å²) >= 11 is 0. The zero-order chi connectivity index (χ0) is 15.6. The van der Waals surface area contributed by atoms with Gasteiger partial charge in [0, 0.05) is 26.3 Å². The average molecular weight is 313 g/mol. The van der Waals surface area contributed by atoms with Gasteiger partial charge in [-0.05, 0) is 49.4 Å². The number of benzene rings is 1. The molecule has 0 aliphatic carbocycles. The number of hydrogen-bond acceptors (Lipinski definition) is 4. The lowest BCUT2D eigenvalue weighted by Crippen LogP contribution is -2.40. The molecule has 1 saturated heterocycles. The Bertz CT molecular complexity index is 606. The van der Waals surface area contributed by atoms with Crippen LogP contribution < -0.4 is 0 Å². The highest BCUT2D eigenvalue weighted by Crippen LogP contribution is 2.27. The molecule has 1 heterocycles. The van der Waals surface area contributed by atoms with Crippen molar-refractivity contribution in [1.29, 1.82) is 0 Å². The predicted octanol–water partition coefficient (Wildman–Crippen LogP) is 1.60. The maximum absolute atomic E-state index is 12.9. The van der Waals surface area contributed by atoms with E-state index in [4.69, 9.17) is 4.74 Å². The second-order valence-corrected chi connectivity index (χ2v) is 7.52. The van der Waals surface area contributed by atoms with E-state index in [2.05, 4.69) is 0 Å². The van der Waals surface area contributed by atoms with E-state index in [0.29, 0.717) is 36.5 Å². The lowest BCUT2D eigenvalue weighted by atomic mass is 10.1. The molecule has 0 bridgehead atoms. The number of nitrogens with zero attached hydrogens (tertiary/aromatic N) is 1. The van der Waals surface area contributed by atoms with E-state index in [1.54, 1.807) is 20.0 Å². The van der Waals surface area contributed by atoms with E-state index >= 15 is 0 Å². The van der Waals surface area contributed by atoms with Gasteiger partial charge >= 0.3 is 0 Å². The first-order valence-electron chi connectivity index (χ1n) is 7.14. The number of aryl methyl sites for hydroxylation is 1. The fourth-order valence-corrected chi connectivity index (χ4v) is 4.42. The highest BCUT2D eigenvalue weighted by Gasteiger charge is 2.30. The maximum atomic E-state index is 12.9. The number of sulfonamides is 1. The number of ether oxygens (including phenoxy) is 1. The van der Waals surface area contributed by atoms with Crippen molar-refractivity contribution in [3.8, 4) is 0 Å². The Labute approximate surface area is 126 Å². The third-order valence-corrected chi connectivity index (χ3v) is 6.26. The molecule has 0 radical (unpaired) electrons. The van der Waals surface area contributed by atoms with Crippen LogP contribution in [0.15, 0.2) is 17.0 Å². The van der Waals surface area contributed by atoms with Crippen molar-refractivity contribution < 1.29 is 18.3 Å². The van der Waals surface area contributed by atoms with Crippen LogP contribution in [0.1, 0.15) is 29.5 Å². The van der Waals surface area contributed by atoms with Crippen molar-refractivity contribution in [2.45, 2.75) is 44.2 Å². The SMILES string of the molecule is Cc1cc(CO)cc(S(=O)(=O)N(C)C2CCOCC2)c1C. The molecule has 1 aromatic carbocycles. The minimum Gasteiger partial charge on any atom is -0.392 e. The molecule has 1 aliphatic rings. The van der Waals surface area contributed by atoms with Gasteiger partial charge in [0.25, 0.3) is 0 Å². The summed E-state index contributed by atoms with van der Waals surface area (Å²) in [4.78, 5) is 0.292. The molecule has 0 atom stereocenters. The number of rotatable bonds is 4. The first-order valence-corrected chi connectivity index (χ1v) is 8.58. The van der Waals surface area contributed by atoms with E-state index in [0.717, 1.165) is 11.1 Å². The number of aliphatic hydroxyl groups is 1. The third kappa shape index (κ3) is 3.29. The van der Waals surface area contributed by atoms with Crippen molar-refractivity contribution in [3.63, 3.8) is 0 Å². The largest absolute Gasteiger partial charge is 0.392 e. The van der Waals surface area contributed by atoms with Crippen molar-refractivity contribution in [2.75, 3.05) is 20.3 Å². The summed E-state index contributed by atoms with van der Waals surface area (Å²) in [6.07, 6.45) is 1.43.